The van der Waals surface area contributed by atoms with Crippen molar-refractivity contribution in [3.05, 3.63) is 76.0 Å². The highest BCUT2D eigenvalue weighted by molar-refractivity contribution is 7.10. The highest BCUT2D eigenvalue weighted by Crippen LogP contribution is 2.35. The molecule has 4 rings (SSSR count). The lowest BCUT2D eigenvalue weighted by molar-refractivity contribution is -0.127. The van der Waals surface area contributed by atoms with Crippen LogP contribution in [0.4, 0.5) is 5.69 Å². The second kappa shape index (κ2) is 13.3. The van der Waals surface area contributed by atoms with Crippen molar-refractivity contribution in [3.63, 3.8) is 0 Å². The number of ether oxygens (including phenoxy) is 3. The summed E-state index contributed by atoms with van der Waals surface area (Å²) in [4.78, 5) is 42.8. The van der Waals surface area contributed by atoms with Crippen LogP contribution in [0.15, 0.2) is 60.0 Å². The minimum absolute atomic E-state index is 0.0320. The molecule has 3 aromatic rings. The van der Waals surface area contributed by atoms with E-state index in [1.807, 2.05) is 17.5 Å². The number of rotatable bonds is 10. The van der Waals surface area contributed by atoms with E-state index >= 15 is 0 Å². The third-order valence-corrected chi connectivity index (χ3v) is 7.78. The summed E-state index contributed by atoms with van der Waals surface area (Å²) < 4.78 is 15.9. The third kappa shape index (κ3) is 6.78. The average Bonchev–Trinajstić information content (AvgIpc) is 3.48. The fourth-order valence-corrected chi connectivity index (χ4v) is 5.65. The maximum atomic E-state index is 14.1. The molecule has 9 heteroatoms. The average molecular weight is 551 g/mol. The van der Waals surface area contributed by atoms with Crippen molar-refractivity contribution in [1.82, 2.24) is 5.32 Å². The molecule has 1 unspecified atom stereocenters. The van der Waals surface area contributed by atoms with Crippen LogP contribution in [0.3, 0.4) is 0 Å². The Bertz CT molecular complexity index is 1290. The highest BCUT2D eigenvalue weighted by atomic mass is 32.1. The lowest BCUT2D eigenvalue weighted by Crippen LogP contribution is -2.47. The van der Waals surface area contributed by atoms with Crippen molar-refractivity contribution in [2.45, 2.75) is 50.6 Å². The summed E-state index contributed by atoms with van der Waals surface area (Å²) in [5.74, 6) is -0.150. The molecule has 1 aliphatic rings. The first-order valence-corrected chi connectivity index (χ1v) is 13.9. The molecular formula is C30H34N2O6S. The first-order chi connectivity index (χ1) is 18.9. The summed E-state index contributed by atoms with van der Waals surface area (Å²) in [7, 11) is 4.37. The number of esters is 1. The van der Waals surface area contributed by atoms with E-state index in [0.717, 1.165) is 37.0 Å². The van der Waals surface area contributed by atoms with E-state index in [-0.39, 0.29) is 29.8 Å². The number of hydrogen-bond donors (Lipinski definition) is 1. The van der Waals surface area contributed by atoms with Crippen molar-refractivity contribution in [2.24, 2.45) is 0 Å². The molecule has 1 heterocycles. The largest absolute Gasteiger partial charge is 0.493 e. The second-order valence-corrected chi connectivity index (χ2v) is 10.5. The van der Waals surface area contributed by atoms with Crippen LogP contribution in [0.1, 0.15) is 58.9 Å². The van der Waals surface area contributed by atoms with Crippen LogP contribution in [0.5, 0.6) is 11.5 Å². The molecule has 8 nitrogen and oxygen atoms in total. The molecule has 0 spiro atoms. The Kier molecular flexibility index (Phi) is 9.59. The van der Waals surface area contributed by atoms with Gasteiger partial charge in [0.15, 0.2) is 11.5 Å². The molecule has 0 bridgehead atoms. The lowest BCUT2D eigenvalue weighted by atomic mass is 9.94. The predicted molar refractivity (Wildman–Crippen MR) is 151 cm³/mol. The predicted octanol–water partition coefficient (Wildman–Crippen LogP) is 5.32. The van der Waals surface area contributed by atoms with Gasteiger partial charge in [0.25, 0.3) is 0 Å². The van der Waals surface area contributed by atoms with Crippen LogP contribution >= 0.6 is 11.3 Å². The van der Waals surface area contributed by atoms with Gasteiger partial charge >= 0.3 is 5.97 Å². The summed E-state index contributed by atoms with van der Waals surface area (Å²) in [6.07, 6.45) is 5.14. The quantitative estimate of drug-likeness (QED) is 0.344. The number of anilines is 1. The Morgan fingerprint density at radius 2 is 1.72 bits per heavy atom. The van der Waals surface area contributed by atoms with Crippen molar-refractivity contribution in [2.75, 3.05) is 26.2 Å². The fourth-order valence-electron chi connectivity index (χ4n) is 4.95. The van der Waals surface area contributed by atoms with Gasteiger partial charge in [0, 0.05) is 16.6 Å². The van der Waals surface area contributed by atoms with E-state index in [1.165, 1.54) is 30.5 Å². The minimum atomic E-state index is -1.02. The number of methoxy groups -OCH3 is 3. The van der Waals surface area contributed by atoms with Gasteiger partial charge in [-0.25, -0.2) is 4.79 Å². The van der Waals surface area contributed by atoms with Gasteiger partial charge < -0.3 is 19.5 Å². The van der Waals surface area contributed by atoms with Gasteiger partial charge in [0.05, 0.1) is 33.3 Å². The number of nitrogens with one attached hydrogen (secondary N) is 1. The normalized spacial score (nSPS) is 14.2. The van der Waals surface area contributed by atoms with Crippen molar-refractivity contribution >= 4 is 34.8 Å². The summed E-state index contributed by atoms with van der Waals surface area (Å²) in [5.41, 5.74) is 1.25. The van der Waals surface area contributed by atoms with Crippen molar-refractivity contribution < 1.29 is 28.6 Å². The number of benzene rings is 2. The summed E-state index contributed by atoms with van der Waals surface area (Å²) in [5, 5.41) is 5.11. The van der Waals surface area contributed by atoms with E-state index < -0.39 is 12.0 Å². The van der Waals surface area contributed by atoms with Crippen LogP contribution in [0, 0.1) is 0 Å². The number of carbonyl (C=O) groups excluding carboxylic acids is 3. The topological polar surface area (TPSA) is 94.2 Å². The smallest absolute Gasteiger partial charge is 0.337 e. The molecular weight excluding hydrogens is 516 g/mol. The molecule has 1 saturated carbocycles. The van der Waals surface area contributed by atoms with Gasteiger partial charge in [-0.15, -0.1) is 11.3 Å². The second-order valence-electron chi connectivity index (χ2n) is 9.42. The molecule has 206 valence electrons. The number of amides is 2. The van der Waals surface area contributed by atoms with E-state index in [9.17, 15) is 14.4 Å². The highest BCUT2D eigenvalue weighted by Gasteiger charge is 2.35. The Labute approximate surface area is 232 Å². The number of thiophene rings is 1. The number of nitrogens with zero attached hydrogens (tertiary/aromatic N) is 1. The van der Waals surface area contributed by atoms with Gasteiger partial charge in [-0.3, -0.25) is 14.5 Å². The lowest BCUT2D eigenvalue weighted by Gasteiger charge is -2.34. The molecule has 2 aromatic carbocycles. The van der Waals surface area contributed by atoms with E-state index in [1.54, 1.807) is 49.6 Å². The molecule has 0 aliphatic heterocycles. The number of carbonyl (C=O) groups is 3. The Balaban J connectivity index is 1.84. The molecule has 1 aliphatic carbocycles. The monoisotopic (exact) mass is 550 g/mol. The molecule has 1 fully saturated rings. The van der Waals surface area contributed by atoms with E-state index in [2.05, 4.69) is 5.32 Å². The van der Waals surface area contributed by atoms with Gasteiger partial charge in [-0.05, 0) is 60.2 Å². The molecule has 39 heavy (non-hydrogen) atoms. The Hall–Kier alpha value is -3.85. The summed E-state index contributed by atoms with van der Waals surface area (Å²) in [6, 6.07) is 14.6. The summed E-state index contributed by atoms with van der Waals surface area (Å²) in [6.45, 7) is 0. The minimum Gasteiger partial charge on any atom is -0.493 e. The van der Waals surface area contributed by atoms with Crippen LogP contribution in [-0.4, -0.2) is 45.2 Å². The SMILES string of the molecule is COC(=O)c1cccc(N(C(=O)Cc2cccs2)C(C(=O)NC2CCCCC2)c2ccc(OC)c(OC)c2)c1. The number of hydrogen-bond acceptors (Lipinski definition) is 7. The maximum Gasteiger partial charge on any atom is 0.337 e. The fraction of sp³-hybridized carbons (Fsp3) is 0.367. The van der Waals surface area contributed by atoms with Gasteiger partial charge in [-0.2, -0.15) is 0 Å². The molecule has 1 N–H and O–H groups in total. The molecule has 1 aromatic heterocycles. The Morgan fingerprint density at radius 3 is 2.38 bits per heavy atom. The molecule has 2 amide bonds. The zero-order valence-corrected chi connectivity index (χ0v) is 23.3. The zero-order valence-electron chi connectivity index (χ0n) is 22.5. The standard InChI is InChI=1S/C30H34N2O6S/c1-36-25-15-14-20(18-26(25)37-2)28(29(34)31-22-10-5-4-6-11-22)32(27(33)19-24-13-8-16-39-24)23-12-7-9-21(17-23)30(35)38-3/h7-9,12-18,22,28H,4-6,10-11,19H2,1-3H3,(H,31,34). The molecule has 1 atom stereocenters. The van der Waals surface area contributed by atoms with Crippen LogP contribution < -0.4 is 19.7 Å². The summed E-state index contributed by atoms with van der Waals surface area (Å²) >= 11 is 1.47. The van der Waals surface area contributed by atoms with E-state index in [4.69, 9.17) is 14.2 Å². The van der Waals surface area contributed by atoms with Crippen LogP contribution in [-0.2, 0) is 20.7 Å². The van der Waals surface area contributed by atoms with Crippen LogP contribution in [0.2, 0.25) is 0 Å². The van der Waals surface area contributed by atoms with Gasteiger partial charge in [0.1, 0.15) is 6.04 Å². The van der Waals surface area contributed by atoms with Gasteiger partial charge in [0.2, 0.25) is 11.8 Å². The molecule has 0 radical (unpaired) electrons. The van der Waals surface area contributed by atoms with Crippen molar-refractivity contribution in [1.29, 1.82) is 0 Å². The zero-order chi connectivity index (χ0) is 27.8. The Morgan fingerprint density at radius 1 is 0.949 bits per heavy atom. The molecule has 0 saturated heterocycles. The van der Waals surface area contributed by atoms with Gasteiger partial charge in [-0.1, -0.05) is 37.5 Å². The van der Waals surface area contributed by atoms with Crippen molar-refractivity contribution in [3.8, 4) is 11.5 Å². The first kappa shape index (κ1) is 28.2. The van der Waals surface area contributed by atoms with Crippen LogP contribution in [0.25, 0.3) is 0 Å². The third-order valence-electron chi connectivity index (χ3n) is 6.90. The maximum absolute atomic E-state index is 14.1. The first-order valence-electron chi connectivity index (χ1n) is 13.0. The van der Waals surface area contributed by atoms with E-state index in [0.29, 0.717) is 22.7 Å².